The Morgan fingerprint density at radius 2 is 1.86 bits per heavy atom. The maximum atomic E-state index is 13.2. The van der Waals surface area contributed by atoms with Crippen molar-refractivity contribution in [2.45, 2.75) is 0 Å². The molecule has 0 saturated carbocycles. The van der Waals surface area contributed by atoms with Crippen LogP contribution in [0.15, 0.2) is 65.6 Å². The van der Waals surface area contributed by atoms with E-state index in [1.807, 2.05) is 6.07 Å². The second-order valence-corrected chi connectivity index (χ2v) is 10.1. The van der Waals surface area contributed by atoms with E-state index in [0.717, 1.165) is 9.13 Å². The van der Waals surface area contributed by atoms with Crippen LogP contribution in [0.1, 0.15) is 15.9 Å². The second kappa shape index (κ2) is 10.8. The summed E-state index contributed by atoms with van der Waals surface area (Å²) in [7, 11) is 3.12. The van der Waals surface area contributed by atoms with E-state index in [4.69, 9.17) is 21.7 Å². The van der Waals surface area contributed by atoms with E-state index in [2.05, 4.69) is 27.9 Å². The van der Waals surface area contributed by atoms with Gasteiger partial charge in [-0.05, 0) is 88.8 Å². The second-order valence-electron chi connectivity index (χ2n) is 7.27. The van der Waals surface area contributed by atoms with Crippen molar-refractivity contribution in [2.24, 2.45) is 0 Å². The number of benzene rings is 3. The quantitative estimate of drug-likeness (QED) is 0.204. The average molecular weight is 620 g/mol. The Hall–Kier alpha value is -2.96. The van der Waals surface area contributed by atoms with Gasteiger partial charge in [-0.25, -0.2) is 4.39 Å². The number of amides is 2. The van der Waals surface area contributed by atoms with Gasteiger partial charge in [0.2, 0.25) is 0 Å². The number of carbonyl (C=O) groups excluding carboxylic acids is 2. The molecule has 1 heterocycles. The van der Waals surface area contributed by atoms with E-state index in [9.17, 15) is 14.0 Å². The molecule has 0 aromatic heterocycles. The third-order valence-electron chi connectivity index (χ3n) is 5.02. The number of ether oxygens (including phenoxy) is 2. The molecule has 0 bridgehead atoms. The molecule has 35 heavy (non-hydrogen) atoms. The Bertz CT molecular complexity index is 1360. The van der Waals surface area contributed by atoms with E-state index in [-0.39, 0.29) is 11.8 Å². The Balaban J connectivity index is 1.58. The zero-order chi connectivity index (χ0) is 25.1. The molecule has 0 unspecified atom stereocenters. The summed E-state index contributed by atoms with van der Waals surface area (Å²) in [6.07, 6.45) is 1.74. The highest BCUT2D eigenvalue weighted by atomic mass is 127. The van der Waals surface area contributed by atoms with Crippen molar-refractivity contribution in [1.82, 2.24) is 0 Å². The predicted octanol–water partition coefficient (Wildman–Crippen LogP) is 6.11. The first-order valence-electron chi connectivity index (χ1n) is 10.2. The van der Waals surface area contributed by atoms with Gasteiger partial charge in [0.1, 0.15) is 5.82 Å². The summed E-state index contributed by atoms with van der Waals surface area (Å²) in [6.45, 7) is 0. The van der Waals surface area contributed by atoms with Crippen molar-refractivity contribution in [3.05, 3.63) is 86.1 Å². The summed E-state index contributed by atoms with van der Waals surface area (Å²) in [6, 6.07) is 15.7. The van der Waals surface area contributed by atoms with Crippen molar-refractivity contribution in [3.63, 3.8) is 0 Å². The number of hydrogen-bond acceptors (Lipinski definition) is 6. The smallest absolute Gasteiger partial charge is 0.270 e. The SMILES string of the molecule is COc1cc(/C=C2/SC(=S)N(c3cccc(C(=O)Nc4ccc(F)cc4)c3)C2=O)cc(I)c1OC. The maximum absolute atomic E-state index is 13.2. The lowest BCUT2D eigenvalue weighted by Gasteiger charge is -2.15. The molecule has 1 N–H and O–H groups in total. The monoisotopic (exact) mass is 620 g/mol. The maximum Gasteiger partial charge on any atom is 0.270 e. The van der Waals surface area contributed by atoms with Crippen LogP contribution in [0.4, 0.5) is 15.8 Å². The molecule has 1 fully saturated rings. The third kappa shape index (κ3) is 5.49. The Morgan fingerprint density at radius 3 is 2.54 bits per heavy atom. The number of nitrogens with zero attached hydrogens (tertiary/aromatic N) is 1. The molecule has 10 heteroatoms. The lowest BCUT2D eigenvalue weighted by atomic mass is 10.1. The first kappa shape index (κ1) is 25.1. The minimum atomic E-state index is -0.393. The van der Waals surface area contributed by atoms with Crippen LogP contribution in [0.3, 0.4) is 0 Å². The molecule has 0 spiro atoms. The zero-order valence-corrected chi connectivity index (χ0v) is 22.3. The summed E-state index contributed by atoms with van der Waals surface area (Å²) in [5.41, 5.74) is 2.03. The van der Waals surface area contributed by atoms with E-state index in [1.165, 1.54) is 40.9 Å². The Kier molecular flexibility index (Phi) is 7.72. The van der Waals surface area contributed by atoms with E-state index in [0.29, 0.717) is 37.7 Å². The summed E-state index contributed by atoms with van der Waals surface area (Å²) >= 11 is 8.80. The topological polar surface area (TPSA) is 67.9 Å². The molecule has 4 rings (SSSR count). The largest absolute Gasteiger partial charge is 0.493 e. The van der Waals surface area contributed by atoms with Gasteiger partial charge in [0.25, 0.3) is 11.8 Å². The fraction of sp³-hybridized carbons (Fsp3) is 0.0800. The Morgan fingerprint density at radius 1 is 1.11 bits per heavy atom. The molecular formula is C25H18FIN2O4S2. The minimum Gasteiger partial charge on any atom is -0.493 e. The third-order valence-corrected chi connectivity index (χ3v) is 7.12. The number of hydrogen-bond donors (Lipinski definition) is 1. The van der Waals surface area contributed by atoms with Crippen LogP contribution in [0.25, 0.3) is 6.08 Å². The highest BCUT2D eigenvalue weighted by Crippen LogP contribution is 2.39. The predicted molar refractivity (Wildman–Crippen MR) is 149 cm³/mol. The molecule has 3 aromatic rings. The highest BCUT2D eigenvalue weighted by Gasteiger charge is 2.33. The van der Waals surface area contributed by atoms with Crippen LogP contribution < -0.4 is 19.7 Å². The van der Waals surface area contributed by atoms with Gasteiger partial charge in [-0.15, -0.1) is 0 Å². The van der Waals surface area contributed by atoms with Gasteiger partial charge in [-0.2, -0.15) is 0 Å². The van der Waals surface area contributed by atoms with Crippen LogP contribution in [0.5, 0.6) is 11.5 Å². The molecule has 0 atom stereocenters. The summed E-state index contributed by atoms with van der Waals surface area (Å²) in [4.78, 5) is 27.8. The number of methoxy groups -OCH3 is 2. The van der Waals surface area contributed by atoms with Gasteiger partial charge in [0.15, 0.2) is 15.8 Å². The van der Waals surface area contributed by atoms with Crippen LogP contribution in [-0.4, -0.2) is 30.4 Å². The van der Waals surface area contributed by atoms with Gasteiger partial charge in [0, 0.05) is 11.3 Å². The van der Waals surface area contributed by atoms with Crippen molar-refractivity contribution in [2.75, 3.05) is 24.4 Å². The average Bonchev–Trinajstić information content (AvgIpc) is 3.12. The summed E-state index contributed by atoms with van der Waals surface area (Å²) < 4.78 is 25.1. The van der Waals surface area contributed by atoms with Gasteiger partial charge in [0.05, 0.1) is 28.4 Å². The number of halogens is 2. The van der Waals surface area contributed by atoms with Gasteiger partial charge >= 0.3 is 0 Å². The van der Waals surface area contributed by atoms with Crippen LogP contribution in [0.2, 0.25) is 0 Å². The van der Waals surface area contributed by atoms with E-state index < -0.39 is 5.82 Å². The molecule has 1 aliphatic heterocycles. The Labute approximate surface area is 224 Å². The van der Waals surface area contributed by atoms with Gasteiger partial charge in [-0.1, -0.05) is 30.0 Å². The zero-order valence-electron chi connectivity index (χ0n) is 18.5. The standard InChI is InChI=1S/C25H18FIN2O4S2/c1-32-20-11-14(10-19(27)22(20)33-2)12-21-24(31)29(25(34)35-21)18-5-3-4-15(13-18)23(30)28-17-8-6-16(26)7-9-17/h3-13H,1-2H3,(H,28,30)/b21-12+. The summed E-state index contributed by atoms with van der Waals surface area (Å²) in [5, 5.41) is 2.71. The number of thiocarbonyl (C=S) groups is 1. The fourth-order valence-electron chi connectivity index (χ4n) is 3.39. The number of thioether (sulfide) groups is 1. The van der Waals surface area contributed by atoms with Gasteiger partial charge in [-0.3, -0.25) is 14.5 Å². The molecule has 1 saturated heterocycles. The van der Waals surface area contributed by atoms with Crippen molar-refractivity contribution in [3.8, 4) is 11.5 Å². The van der Waals surface area contributed by atoms with Crippen molar-refractivity contribution < 1.29 is 23.5 Å². The fourth-order valence-corrected chi connectivity index (χ4v) is 5.53. The molecule has 178 valence electrons. The van der Waals surface area contributed by atoms with E-state index >= 15 is 0 Å². The number of carbonyl (C=O) groups is 2. The normalized spacial score (nSPS) is 14.4. The van der Waals surface area contributed by atoms with Crippen LogP contribution in [-0.2, 0) is 4.79 Å². The van der Waals surface area contributed by atoms with Crippen LogP contribution >= 0.6 is 46.6 Å². The minimum absolute atomic E-state index is 0.291. The molecule has 0 radical (unpaired) electrons. The number of rotatable bonds is 6. The molecule has 2 amide bonds. The molecule has 1 aliphatic rings. The van der Waals surface area contributed by atoms with E-state index in [1.54, 1.807) is 50.6 Å². The summed E-state index contributed by atoms with van der Waals surface area (Å²) in [5.74, 6) is 0.102. The number of anilines is 2. The molecule has 3 aromatic carbocycles. The molecule has 6 nitrogen and oxygen atoms in total. The van der Waals surface area contributed by atoms with Crippen molar-refractivity contribution in [1.29, 1.82) is 0 Å². The van der Waals surface area contributed by atoms with Crippen LogP contribution in [0, 0.1) is 9.39 Å². The van der Waals surface area contributed by atoms with Gasteiger partial charge < -0.3 is 14.8 Å². The number of nitrogens with one attached hydrogen (secondary N) is 1. The first-order chi connectivity index (χ1) is 16.8. The highest BCUT2D eigenvalue weighted by molar-refractivity contribution is 14.1. The van der Waals surface area contributed by atoms with Crippen molar-refractivity contribution >= 4 is 80.2 Å². The lowest BCUT2D eigenvalue weighted by Crippen LogP contribution is -2.27. The molecular weight excluding hydrogens is 602 g/mol. The molecule has 0 aliphatic carbocycles. The lowest BCUT2D eigenvalue weighted by molar-refractivity contribution is -0.113. The first-order valence-corrected chi connectivity index (χ1v) is 12.5.